The van der Waals surface area contributed by atoms with Crippen LogP contribution in [-0.4, -0.2) is 33.2 Å². The van der Waals surface area contributed by atoms with Crippen LogP contribution >= 0.6 is 11.8 Å². The van der Waals surface area contributed by atoms with Gasteiger partial charge in [0.15, 0.2) is 5.16 Å². The third-order valence-electron chi connectivity index (χ3n) is 3.94. The lowest BCUT2D eigenvalue weighted by atomic mass is 10.2. The first-order valence-corrected chi connectivity index (χ1v) is 9.60. The summed E-state index contributed by atoms with van der Waals surface area (Å²) in [6.07, 6.45) is 3.22. The molecule has 0 radical (unpaired) electrons. The Morgan fingerprint density at radius 1 is 1.28 bits per heavy atom. The van der Waals surface area contributed by atoms with Gasteiger partial charge in [0.05, 0.1) is 13.0 Å². The lowest BCUT2D eigenvalue weighted by molar-refractivity contribution is -0.117. The molecule has 1 aliphatic heterocycles. The Morgan fingerprint density at radius 3 is 2.80 bits per heavy atom. The van der Waals surface area contributed by atoms with Gasteiger partial charge in [0.25, 0.3) is 0 Å². The predicted molar refractivity (Wildman–Crippen MR) is 101 cm³/mol. The minimum atomic E-state index is 0.0571. The largest absolute Gasteiger partial charge is 0.370 e. The predicted octanol–water partition coefficient (Wildman–Crippen LogP) is 3.20. The molecule has 0 fully saturated rings. The molecule has 6 nitrogen and oxygen atoms in total. The second-order valence-electron chi connectivity index (χ2n) is 6.00. The van der Waals surface area contributed by atoms with Gasteiger partial charge in [-0.3, -0.25) is 14.7 Å². The number of carbonyl (C=O) groups excluding carboxylic acids is 1. The minimum absolute atomic E-state index is 0.0571. The van der Waals surface area contributed by atoms with Gasteiger partial charge in [-0.25, -0.2) is 9.97 Å². The van der Waals surface area contributed by atoms with Gasteiger partial charge in [-0.2, -0.15) is 0 Å². The SMILES string of the molecule is CCCSc1nc(NCC)c2c(n1)N(Cc1ccc(C)nc1)C(=O)C2. The summed E-state index contributed by atoms with van der Waals surface area (Å²) in [5.41, 5.74) is 2.86. The van der Waals surface area contributed by atoms with E-state index in [0.29, 0.717) is 13.0 Å². The lowest BCUT2D eigenvalue weighted by Crippen LogP contribution is -2.26. The normalized spacial score (nSPS) is 13.2. The number of carbonyl (C=O) groups is 1. The van der Waals surface area contributed by atoms with Crippen molar-refractivity contribution >= 4 is 29.3 Å². The van der Waals surface area contributed by atoms with Crippen LogP contribution in [-0.2, 0) is 17.8 Å². The molecule has 3 rings (SSSR count). The van der Waals surface area contributed by atoms with Gasteiger partial charge in [-0.15, -0.1) is 0 Å². The maximum atomic E-state index is 12.6. The fraction of sp³-hybridized carbons (Fsp3) is 0.444. The van der Waals surface area contributed by atoms with Gasteiger partial charge in [-0.1, -0.05) is 24.8 Å². The molecule has 2 aromatic heterocycles. The zero-order chi connectivity index (χ0) is 17.8. The van der Waals surface area contributed by atoms with Gasteiger partial charge in [0.2, 0.25) is 5.91 Å². The van der Waals surface area contributed by atoms with Crippen molar-refractivity contribution in [3.05, 3.63) is 35.2 Å². The van der Waals surface area contributed by atoms with E-state index in [-0.39, 0.29) is 5.91 Å². The Labute approximate surface area is 152 Å². The second-order valence-corrected chi connectivity index (χ2v) is 7.06. The third kappa shape index (κ3) is 3.92. The van der Waals surface area contributed by atoms with E-state index in [4.69, 9.17) is 0 Å². The molecule has 1 amide bonds. The maximum Gasteiger partial charge on any atom is 0.233 e. The van der Waals surface area contributed by atoms with Crippen molar-refractivity contribution in [2.45, 2.75) is 45.3 Å². The maximum absolute atomic E-state index is 12.6. The topological polar surface area (TPSA) is 71.0 Å². The molecule has 25 heavy (non-hydrogen) atoms. The number of fused-ring (bicyclic) bond motifs is 1. The van der Waals surface area contributed by atoms with Crippen LogP contribution in [0.1, 0.15) is 37.1 Å². The summed E-state index contributed by atoms with van der Waals surface area (Å²) in [7, 11) is 0. The van der Waals surface area contributed by atoms with Crippen LogP contribution in [0.3, 0.4) is 0 Å². The van der Waals surface area contributed by atoms with E-state index in [0.717, 1.165) is 52.3 Å². The molecule has 2 aromatic rings. The van der Waals surface area contributed by atoms with Gasteiger partial charge < -0.3 is 5.32 Å². The van der Waals surface area contributed by atoms with E-state index in [9.17, 15) is 4.79 Å². The zero-order valence-corrected chi connectivity index (χ0v) is 15.7. The summed E-state index contributed by atoms with van der Waals surface area (Å²) in [6.45, 7) is 7.36. The first kappa shape index (κ1) is 17.7. The Bertz CT molecular complexity index is 763. The minimum Gasteiger partial charge on any atom is -0.370 e. The van der Waals surface area contributed by atoms with E-state index in [1.807, 2.05) is 32.2 Å². The standard InChI is InChI=1S/C18H23N5OS/c1-4-8-25-18-21-16(19-5-2)14-9-15(24)23(17(14)22-18)11-13-7-6-12(3)20-10-13/h6-7,10H,4-5,8-9,11H2,1-3H3,(H,19,21,22). The summed E-state index contributed by atoms with van der Waals surface area (Å²) in [4.78, 5) is 27.9. The molecular weight excluding hydrogens is 334 g/mol. The van der Waals surface area contributed by atoms with Crippen molar-refractivity contribution in [3.8, 4) is 0 Å². The van der Waals surface area contributed by atoms with Crippen LogP contribution in [0.15, 0.2) is 23.5 Å². The number of aryl methyl sites for hydroxylation is 1. The Kier molecular flexibility index (Phi) is 5.53. The van der Waals surface area contributed by atoms with Gasteiger partial charge in [0, 0.05) is 29.8 Å². The highest BCUT2D eigenvalue weighted by Crippen LogP contribution is 2.34. The number of rotatable bonds is 7. The average molecular weight is 357 g/mol. The number of hydrogen-bond donors (Lipinski definition) is 1. The summed E-state index contributed by atoms with van der Waals surface area (Å²) in [5, 5.41) is 4.00. The van der Waals surface area contributed by atoms with E-state index < -0.39 is 0 Å². The molecule has 0 saturated heterocycles. The van der Waals surface area contributed by atoms with Crippen molar-refractivity contribution in [2.24, 2.45) is 0 Å². The highest BCUT2D eigenvalue weighted by Gasteiger charge is 2.32. The van der Waals surface area contributed by atoms with Gasteiger partial charge in [-0.05, 0) is 31.9 Å². The monoisotopic (exact) mass is 357 g/mol. The van der Waals surface area contributed by atoms with E-state index in [1.54, 1.807) is 16.7 Å². The van der Waals surface area contributed by atoms with Gasteiger partial charge >= 0.3 is 0 Å². The fourth-order valence-electron chi connectivity index (χ4n) is 2.71. The molecule has 1 N–H and O–H groups in total. The van der Waals surface area contributed by atoms with Crippen molar-refractivity contribution < 1.29 is 4.79 Å². The van der Waals surface area contributed by atoms with Crippen molar-refractivity contribution in [2.75, 3.05) is 22.5 Å². The molecule has 0 bridgehead atoms. The molecule has 0 spiro atoms. The van der Waals surface area contributed by atoms with Crippen LogP contribution in [0, 0.1) is 6.92 Å². The van der Waals surface area contributed by atoms with E-state index >= 15 is 0 Å². The van der Waals surface area contributed by atoms with Crippen LogP contribution in [0.4, 0.5) is 11.6 Å². The second kappa shape index (κ2) is 7.82. The number of anilines is 2. The molecule has 0 aromatic carbocycles. The third-order valence-corrected chi connectivity index (χ3v) is 5.00. The smallest absolute Gasteiger partial charge is 0.233 e. The van der Waals surface area contributed by atoms with Crippen molar-refractivity contribution in [3.63, 3.8) is 0 Å². The summed E-state index contributed by atoms with van der Waals surface area (Å²) >= 11 is 1.63. The number of aromatic nitrogens is 3. The Hall–Kier alpha value is -2.15. The molecule has 0 atom stereocenters. The molecule has 132 valence electrons. The molecule has 3 heterocycles. The number of pyridine rings is 1. The van der Waals surface area contributed by atoms with E-state index in [2.05, 4.69) is 27.2 Å². The summed E-state index contributed by atoms with van der Waals surface area (Å²) < 4.78 is 0. The zero-order valence-electron chi connectivity index (χ0n) is 14.9. The molecular formula is C18H23N5OS. The summed E-state index contributed by atoms with van der Waals surface area (Å²) in [6, 6.07) is 3.97. The number of nitrogens with one attached hydrogen (secondary N) is 1. The number of thioether (sulfide) groups is 1. The molecule has 0 aliphatic carbocycles. The van der Waals surface area contributed by atoms with Crippen molar-refractivity contribution in [1.82, 2.24) is 15.0 Å². The van der Waals surface area contributed by atoms with Crippen molar-refractivity contribution in [1.29, 1.82) is 0 Å². The fourth-order valence-corrected chi connectivity index (χ4v) is 3.41. The number of amides is 1. The highest BCUT2D eigenvalue weighted by molar-refractivity contribution is 7.99. The van der Waals surface area contributed by atoms with Gasteiger partial charge in [0.1, 0.15) is 11.6 Å². The summed E-state index contributed by atoms with van der Waals surface area (Å²) in [5.74, 6) is 2.53. The quantitative estimate of drug-likeness (QED) is 0.606. The van der Waals surface area contributed by atoms with Crippen LogP contribution < -0.4 is 10.2 Å². The molecule has 1 aliphatic rings. The van der Waals surface area contributed by atoms with Crippen LogP contribution in [0.2, 0.25) is 0 Å². The lowest BCUT2D eigenvalue weighted by Gasteiger charge is -2.18. The number of hydrogen-bond acceptors (Lipinski definition) is 6. The average Bonchev–Trinajstić information content (AvgIpc) is 2.91. The van der Waals surface area contributed by atoms with Crippen LogP contribution in [0.25, 0.3) is 0 Å². The van der Waals surface area contributed by atoms with Crippen LogP contribution in [0.5, 0.6) is 0 Å². The highest BCUT2D eigenvalue weighted by atomic mass is 32.2. The Morgan fingerprint density at radius 2 is 2.12 bits per heavy atom. The first-order chi connectivity index (χ1) is 12.1. The molecule has 0 saturated carbocycles. The molecule has 0 unspecified atom stereocenters. The number of nitrogens with zero attached hydrogens (tertiary/aromatic N) is 4. The first-order valence-electron chi connectivity index (χ1n) is 8.61. The van der Waals surface area contributed by atoms with E-state index in [1.165, 1.54) is 0 Å². The Balaban J connectivity index is 1.94. The molecule has 7 heteroatoms.